The molecular formula is C24H26N4O2. The molecule has 154 valence electrons. The van der Waals surface area contributed by atoms with Crippen molar-refractivity contribution < 1.29 is 5.11 Å². The van der Waals surface area contributed by atoms with Gasteiger partial charge in [0.1, 0.15) is 0 Å². The maximum Gasteiger partial charge on any atom is 0.330 e. The Morgan fingerprint density at radius 1 is 1.10 bits per heavy atom. The van der Waals surface area contributed by atoms with Crippen LogP contribution in [0.1, 0.15) is 43.9 Å². The van der Waals surface area contributed by atoms with Gasteiger partial charge in [0.15, 0.2) is 0 Å². The lowest BCUT2D eigenvalue weighted by molar-refractivity contribution is 0.284. The topological polar surface area (TPSA) is 72.9 Å². The standard InChI is InChI=1S/C24H26N4O2/c1-24(10-11-24)28-21-9-12-25-15-22(21)27(23(28)30)16-20-19(8-4-5-13-29)18-7-3-2-6-17(18)14-26-20/h2-3,6-7,9,12,14-15,29H,4-5,8,10-11,13,16H2,1H3. The number of fused-ring (bicyclic) bond motifs is 2. The van der Waals surface area contributed by atoms with Gasteiger partial charge < -0.3 is 5.11 Å². The third-order valence-electron chi connectivity index (χ3n) is 6.38. The van der Waals surface area contributed by atoms with Crippen LogP contribution in [0.2, 0.25) is 0 Å². The Balaban J connectivity index is 1.65. The molecule has 3 heterocycles. The maximum absolute atomic E-state index is 13.5. The molecule has 1 aliphatic carbocycles. The molecule has 4 aromatic rings. The largest absolute Gasteiger partial charge is 0.396 e. The van der Waals surface area contributed by atoms with Crippen LogP contribution in [0.4, 0.5) is 0 Å². The first kappa shape index (κ1) is 19.0. The first-order valence-electron chi connectivity index (χ1n) is 10.6. The van der Waals surface area contributed by atoms with E-state index in [2.05, 4.69) is 24.0 Å². The lowest BCUT2D eigenvalue weighted by atomic mass is 9.99. The normalized spacial score (nSPS) is 15.1. The smallest absolute Gasteiger partial charge is 0.330 e. The van der Waals surface area contributed by atoms with Crippen LogP contribution < -0.4 is 5.69 Å². The van der Waals surface area contributed by atoms with Gasteiger partial charge >= 0.3 is 5.69 Å². The van der Waals surface area contributed by atoms with Gasteiger partial charge in [0.05, 0.1) is 29.5 Å². The number of aliphatic hydroxyl groups excluding tert-OH is 1. The van der Waals surface area contributed by atoms with Crippen molar-refractivity contribution in [3.8, 4) is 0 Å². The second-order valence-corrected chi connectivity index (χ2v) is 8.52. The van der Waals surface area contributed by atoms with Crippen LogP contribution in [0, 0.1) is 0 Å². The van der Waals surface area contributed by atoms with E-state index in [-0.39, 0.29) is 17.8 Å². The molecule has 1 aliphatic rings. The molecule has 1 saturated carbocycles. The Bertz CT molecular complexity index is 1280. The third-order valence-corrected chi connectivity index (χ3v) is 6.38. The average Bonchev–Trinajstić information content (AvgIpc) is 3.44. The van der Waals surface area contributed by atoms with Gasteiger partial charge in [-0.1, -0.05) is 24.3 Å². The van der Waals surface area contributed by atoms with Gasteiger partial charge in [0.25, 0.3) is 0 Å². The van der Waals surface area contributed by atoms with E-state index in [1.807, 2.05) is 33.5 Å². The number of aliphatic hydroxyl groups is 1. The molecule has 1 N–H and O–H groups in total. The number of pyridine rings is 2. The van der Waals surface area contributed by atoms with E-state index < -0.39 is 0 Å². The van der Waals surface area contributed by atoms with Gasteiger partial charge in [-0.25, -0.2) is 4.79 Å². The van der Waals surface area contributed by atoms with E-state index in [9.17, 15) is 9.90 Å². The molecule has 1 fully saturated rings. The summed E-state index contributed by atoms with van der Waals surface area (Å²) in [6.45, 7) is 2.75. The van der Waals surface area contributed by atoms with Crippen LogP contribution >= 0.6 is 0 Å². The van der Waals surface area contributed by atoms with Crippen LogP contribution in [0.15, 0.2) is 53.7 Å². The minimum absolute atomic E-state index is 0.00858. The summed E-state index contributed by atoms with van der Waals surface area (Å²) < 4.78 is 3.76. The van der Waals surface area contributed by atoms with Crippen molar-refractivity contribution in [2.45, 2.75) is 51.1 Å². The Morgan fingerprint density at radius 2 is 1.93 bits per heavy atom. The van der Waals surface area contributed by atoms with E-state index in [4.69, 9.17) is 4.98 Å². The number of hydrogen-bond acceptors (Lipinski definition) is 4. The van der Waals surface area contributed by atoms with E-state index in [1.165, 1.54) is 5.39 Å². The predicted molar refractivity (Wildman–Crippen MR) is 118 cm³/mol. The van der Waals surface area contributed by atoms with Crippen molar-refractivity contribution >= 4 is 21.8 Å². The molecule has 0 unspecified atom stereocenters. The number of aromatic nitrogens is 4. The molecule has 0 radical (unpaired) electrons. The SMILES string of the molecule is CC1(n2c(=O)n(Cc3ncc4ccccc4c3CCCCO)c3cnccc32)CC1. The molecule has 5 rings (SSSR count). The molecule has 0 amide bonds. The van der Waals surface area contributed by atoms with Crippen molar-refractivity contribution in [2.75, 3.05) is 6.61 Å². The van der Waals surface area contributed by atoms with Gasteiger partial charge in [-0.05, 0) is 56.0 Å². The van der Waals surface area contributed by atoms with Crippen molar-refractivity contribution in [1.82, 2.24) is 19.1 Å². The highest BCUT2D eigenvalue weighted by Crippen LogP contribution is 2.43. The minimum Gasteiger partial charge on any atom is -0.396 e. The van der Waals surface area contributed by atoms with E-state index in [1.54, 1.807) is 12.4 Å². The number of unbranched alkanes of at least 4 members (excludes halogenated alkanes) is 1. The second-order valence-electron chi connectivity index (χ2n) is 8.52. The Morgan fingerprint density at radius 3 is 2.73 bits per heavy atom. The highest BCUT2D eigenvalue weighted by Gasteiger charge is 2.42. The summed E-state index contributed by atoms with van der Waals surface area (Å²) in [7, 11) is 0. The summed E-state index contributed by atoms with van der Waals surface area (Å²) in [6, 6.07) is 10.2. The number of aryl methyl sites for hydroxylation is 1. The molecule has 6 nitrogen and oxygen atoms in total. The Labute approximate surface area is 174 Å². The minimum atomic E-state index is -0.0945. The van der Waals surface area contributed by atoms with Crippen molar-refractivity contribution in [1.29, 1.82) is 0 Å². The maximum atomic E-state index is 13.5. The molecule has 0 aliphatic heterocycles. The zero-order valence-electron chi connectivity index (χ0n) is 17.2. The molecule has 0 saturated heterocycles. The fourth-order valence-electron chi connectivity index (χ4n) is 4.43. The summed E-state index contributed by atoms with van der Waals surface area (Å²) in [4.78, 5) is 22.5. The van der Waals surface area contributed by atoms with Gasteiger partial charge in [-0.3, -0.25) is 19.1 Å². The number of imidazole rings is 1. The molecule has 1 aromatic carbocycles. The summed E-state index contributed by atoms with van der Waals surface area (Å²) in [5, 5.41) is 11.5. The van der Waals surface area contributed by atoms with Crippen molar-refractivity contribution in [3.05, 3.63) is 70.7 Å². The zero-order valence-corrected chi connectivity index (χ0v) is 17.2. The monoisotopic (exact) mass is 402 g/mol. The fraction of sp³-hybridized carbons (Fsp3) is 0.375. The van der Waals surface area contributed by atoms with E-state index in [0.29, 0.717) is 6.54 Å². The fourth-order valence-corrected chi connectivity index (χ4v) is 4.43. The lowest BCUT2D eigenvalue weighted by Gasteiger charge is -2.13. The van der Waals surface area contributed by atoms with Crippen LogP contribution in [0.3, 0.4) is 0 Å². The molecule has 0 atom stereocenters. The van der Waals surface area contributed by atoms with Gasteiger partial charge in [0.2, 0.25) is 0 Å². The molecule has 0 bridgehead atoms. The first-order valence-corrected chi connectivity index (χ1v) is 10.6. The highest BCUT2D eigenvalue weighted by molar-refractivity contribution is 5.85. The number of rotatable bonds is 7. The van der Waals surface area contributed by atoms with Gasteiger partial charge in [-0.15, -0.1) is 0 Å². The predicted octanol–water partition coefficient (Wildman–Crippen LogP) is 3.62. The van der Waals surface area contributed by atoms with E-state index in [0.717, 1.165) is 59.8 Å². The zero-order chi connectivity index (χ0) is 20.7. The summed E-state index contributed by atoms with van der Waals surface area (Å²) in [5.41, 5.74) is 3.79. The average molecular weight is 402 g/mol. The summed E-state index contributed by atoms with van der Waals surface area (Å²) in [6.07, 6.45) is 9.94. The lowest BCUT2D eigenvalue weighted by Crippen LogP contribution is -2.30. The first-order chi connectivity index (χ1) is 14.6. The molecule has 6 heteroatoms. The van der Waals surface area contributed by atoms with E-state index >= 15 is 0 Å². The van der Waals surface area contributed by atoms with Gasteiger partial charge in [0, 0.05) is 29.9 Å². The molecular weight excluding hydrogens is 376 g/mol. The third kappa shape index (κ3) is 3.12. The Kier molecular flexibility index (Phi) is 4.66. The molecule has 3 aromatic heterocycles. The number of hydrogen-bond donors (Lipinski definition) is 1. The van der Waals surface area contributed by atoms with Crippen LogP contribution in [-0.4, -0.2) is 30.8 Å². The summed E-state index contributed by atoms with van der Waals surface area (Å²) in [5.74, 6) is 0. The Hall–Kier alpha value is -2.99. The van der Waals surface area contributed by atoms with Crippen LogP contribution in [0.25, 0.3) is 21.8 Å². The summed E-state index contributed by atoms with van der Waals surface area (Å²) >= 11 is 0. The van der Waals surface area contributed by atoms with Crippen LogP contribution in [-0.2, 0) is 18.5 Å². The van der Waals surface area contributed by atoms with Crippen molar-refractivity contribution in [3.63, 3.8) is 0 Å². The molecule has 30 heavy (non-hydrogen) atoms. The van der Waals surface area contributed by atoms with Crippen LogP contribution in [0.5, 0.6) is 0 Å². The number of nitrogens with zero attached hydrogens (tertiary/aromatic N) is 4. The second kappa shape index (κ2) is 7.36. The van der Waals surface area contributed by atoms with Gasteiger partial charge in [-0.2, -0.15) is 0 Å². The number of benzene rings is 1. The molecule has 0 spiro atoms. The highest BCUT2D eigenvalue weighted by atomic mass is 16.2. The van der Waals surface area contributed by atoms with Crippen molar-refractivity contribution in [2.24, 2.45) is 0 Å². The quantitative estimate of drug-likeness (QED) is 0.479.